The molecule has 0 spiro atoms. The average Bonchev–Trinajstić information content (AvgIpc) is 2.68. The summed E-state index contributed by atoms with van der Waals surface area (Å²) in [6.45, 7) is 12.4. The molecule has 1 atom stereocenters. The molecule has 180 valence electrons. The Morgan fingerprint density at radius 1 is 1.06 bits per heavy atom. The van der Waals surface area contributed by atoms with Gasteiger partial charge in [-0.3, -0.25) is 19.4 Å². The van der Waals surface area contributed by atoms with E-state index in [1.165, 1.54) is 6.07 Å². The van der Waals surface area contributed by atoms with Crippen molar-refractivity contribution in [1.82, 2.24) is 14.7 Å². The lowest BCUT2D eigenvalue weighted by atomic mass is 10.1. The molecular formula is C22H32ClF3N4O2. The smallest absolute Gasteiger partial charge is 0.336 e. The Bertz CT molecular complexity index is 801. The Morgan fingerprint density at radius 3 is 2.12 bits per heavy atom. The Kier molecular flexibility index (Phi) is 8.96. The van der Waals surface area contributed by atoms with Gasteiger partial charge in [0, 0.05) is 44.0 Å². The van der Waals surface area contributed by atoms with Crippen molar-refractivity contribution >= 4 is 29.1 Å². The number of nitrogens with zero attached hydrogens (tertiary/aromatic N) is 3. The highest BCUT2D eigenvalue weighted by atomic mass is 35.5. The molecule has 6 nitrogen and oxygen atoms in total. The zero-order valence-electron chi connectivity index (χ0n) is 19.2. The first-order chi connectivity index (χ1) is 14.8. The molecule has 0 radical (unpaired) electrons. The van der Waals surface area contributed by atoms with Crippen molar-refractivity contribution in [3.8, 4) is 0 Å². The van der Waals surface area contributed by atoms with Gasteiger partial charge in [-0.25, -0.2) is 0 Å². The maximum absolute atomic E-state index is 13.0. The first-order valence-electron chi connectivity index (χ1n) is 10.8. The number of piperazine rings is 1. The molecule has 1 N–H and O–H groups in total. The summed E-state index contributed by atoms with van der Waals surface area (Å²) in [5.74, 6) is -0.312. The summed E-state index contributed by atoms with van der Waals surface area (Å²) in [4.78, 5) is 31.2. The average molecular weight is 477 g/mol. The van der Waals surface area contributed by atoms with Crippen molar-refractivity contribution in [2.24, 2.45) is 0 Å². The van der Waals surface area contributed by atoms with Gasteiger partial charge in [0.15, 0.2) is 0 Å². The van der Waals surface area contributed by atoms with Crippen LogP contribution < -0.4 is 5.32 Å². The van der Waals surface area contributed by atoms with Crippen molar-refractivity contribution in [2.75, 3.05) is 38.0 Å². The van der Waals surface area contributed by atoms with Crippen LogP contribution in [0.2, 0.25) is 5.02 Å². The van der Waals surface area contributed by atoms with Crippen LogP contribution in [-0.4, -0.2) is 77.4 Å². The second kappa shape index (κ2) is 10.9. The number of carbonyl (C=O) groups excluding carboxylic acids is 2. The molecule has 1 aliphatic rings. The molecule has 32 heavy (non-hydrogen) atoms. The maximum atomic E-state index is 13.0. The van der Waals surface area contributed by atoms with Gasteiger partial charge in [0.05, 0.1) is 23.2 Å². The molecular weight excluding hydrogens is 445 g/mol. The first-order valence-corrected chi connectivity index (χ1v) is 11.1. The molecule has 2 rings (SSSR count). The second-order valence-corrected chi connectivity index (χ2v) is 9.07. The van der Waals surface area contributed by atoms with Crippen LogP contribution in [0.5, 0.6) is 0 Å². The van der Waals surface area contributed by atoms with E-state index >= 15 is 0 Å². The second-order valence-electron chi connectivity index (χ2n) is 8.66. The van der Waals surface area contributed by atoms with Crippen LogP contribution in [0.3, 0.4) is 0 Å². The van der Waals surface area contributed by atoms with Crippen molar-refractivity contribution < 1.29 is 22.8 Å². The molecule has 2 amide bonds. The molecule has 0 bridgehead atoms. The molecule has 0 aromatic heterocycles. The number of carbonyl (C=O) groups is 2. The van der Waals surface area contributed by atoms with E-state index < -0.39 is 22.7 Å². The highest BCUT2D eigenvalue weighted by Crippen LogP contribution is 2.36. The minimum absolute atomic E-state index is 0.0482. The Labute approximate surface area is 192 Å². The van der Waals surface area contributed by atoms with Crippen LogP contribution in [0, 0.1) is 0 Å². The van der Waals surface area contributed by atoms with Gasteiger partial charge in [-0.1, -0.05) is 11.6 Å². The van der Waals surface area contributed by atoms with Gasteiger partial charge in [0.25, 0.3) is 0 Å². The summed E-state index contributed by atoms with van der Waals surface area (Å²) >= 11 is 5.62. The van der Waals surface area contributed by atoms with E-state index in [2.05, 4.69) is 10.2 Å². The summed E-state index contributed by atoms with van der Waals surface area (Å²) in [7, 11) is 0. The number of rotatable bonds is 7. The van der Waals surface area contributed by atoms with Crippen LogP contribution >= 0.6 is 11.6 Å². The fourth-order valence-electron chi connectivity index (χ4n) is 4.01. The Balaban J connectivity index is 1.89. The molecule has 1 saturated heterocycles. The largest absolute Gasteiger partial charge is 0.417 e. The fourth-order valence-corrected chi connectivity index (χ4v) is 4.23. The number of halogens is 4. The molecule has 10 heteroatoms. The quantitative estimate of drug-likeness (QED) is 0.647. The van der Waals surface area contributed by atoms with Gasteiger partial charge in [-0.2, -0.15) is 13.2 Å². The number of nitrogens with one attached hydrogen (secondary N) is 1. The lowest BCUT2D eigenvalue weighted by molar-refractivity contribution is -0.141. The molecule has 0 aliphatic carbocycles. The molecule has 1 heterocycles. The Hall–Kier alpha value is -1.84. The van der Waals surface area contributed by atoms with E-state index in [0.717, 1.165) is 12.1 Å². The molecule has 1 fully saturated rings. The van der Waals surface area contributed by atoms with Crippen molar-refractivity contribution in [2.45, 2.75) is 58.9 Å². The SMILES string of the molecule is CC(C(=O)N(C(C)C)C(C)C)N1CCN(CC(=O)Nc2ccc(Cl)c(C(F)(F)F)c2)CC1. The molecule has 0 saturated carbocycles. The van der Waals surface area contributed by atoms with Crippen LogP contribution in [0.4, 0.5) is 18.9 Å². The number of hydrogen-bond donors (Lipinski definition) is 1. The van der Waals surface area contributed by atoms with Gasteiger partial charge in [0.1, 0.15) is 0 Å². The van der Waals surface area contributed by atoms with Crippen LogP contribution in [0.1, 0.15) is 40.2 Å². The predicted molar refractivity (Wildman–Crippen MR) is 120 cm³/mol. The van der Waals surface area contributed by atoms with Gasteiger partial charge >= 0.3 is 6.18 Å². The first kappa shape index (κ1) is 26.4. The van der Waals surface area contributed by atoms with Crippen LogP contribution in [0.25, 0.3) is 0 Å². The summed E-state index contributed by atoms with van der Waals surface area (Å²) in [6, 6.07) is 3.26. The fraction of sp³-hybridized carbons (Fsp3) is 0.636. The van der Waals surface area contributed by atoms with Gasteiger partial charge in [-0.05, 0) is 52.8 Å². The summed E-state index contributed by atoms with van der Waals surface area (Å²) in [5.41, 5.74) is -0.937. The number of alkyl halides is 3. The third-order valence-electron chi connectivity index (χ3n) is 5.60. The van der Waals surface area contributed by atoms with Crippen LogP contribution in [-0.2, 0) is 15.8 Å². The minimum Gasteiger partial charge on any atom is -0.336 e. The maximum Gasteiger partial charge on any atom is 0.417 e. The zero-order valence-corrected chi connectivity index (χ0v) is 19.9. The van der Waals surface area contributed by atoms with E-state index in [4.69, 9.17) is 11.6 Å². The molecule has 1 unspecified atom stereocenters. The van der Waals surface area contributed by atoms with E-state index in [9.17, 15) is 22.8 Å². The van der Waals surface area contributed by atoms with E-state index in [-0.39, 0.29) is 36.3 Å². The predicted octanol–water partition coefficient (Wildman–Crippen LogP) is 3.95. The lowest BCUT2D eigenvalue weighted by Gasteiger charge is -2.40. The number of amides is 2. The van der Waals surface area contributed by atoms with E-state index in [0.29, 0.717) is 26.2 Å². The highest BCUT2D eigenvalue weighted by molar-refractivity contribution is 6.31. The highest BCUT2D eigenvalue weighted by Gasteiger charge is 2.34. The third kappa shape index (κ3) is 6.83. The van der Waals surface area contributed by atoms with Gasteiger partial charge in [0.2, 0.25) is 11.8 Å². The number of benzene rings is 1. The van der Waals surface area contributed by atoms with Gasteiger partial charge < -0.3 is 10.2 Å². The summed E-state index contributed by atoms with van der Waals surface area (Å²) in [5, 5.41) is 2.09. The number of anilines is 1. The molecule has 1 aromatic carbocycles. The van der Waals surface area contributed by atoms with Crippen molar-refractivity contribution in [3.63, 3.8) is 0 Å². The standard InChI is InChI=1S/C22H32ClF3N4O2/c1-14(2)30(15(3)4)21(32)16(5)29-10-8-28(9-11-29)13-20(31)27-17-6-7-19(23)18(12-17)22(24,25)26/h6-7,12,14-16H,8-11,13H2,1-5H3,(H,27,31). The third-order valence-corrected chi connectivity index (χ3v) is 5.93. The molecule has 1 aromatic rings. The minimum atomic E-state index is -4.59. The summed E-state index contributed by atoms with van der Waals surface area (Å²) in [6.07, 6.45) is -4.59. The van der Waals surface area contributed by atoms with E-state index in [1.54, 1.807) is 0 Å². The van der Waals surface area contributed by atoms with Gasteiger partial charge in [-0.15, -0.1) is 0 Å². The molecule has 1 aliphatic heterocycles. The lowest BCUT2D eigenvalue weighted by Crippen LogP contribution is -2.57. The van der Waals surface area contributed by atoms with Crippen molar-refractivity contribution in [3.05, 3.63) is 28.8 Å². The topological polar surface area (TPSA) is 55.9 Å². The normalized spacial score (nSPS) is 17.0. The zero-order chi connectivity index (χ0) is 24.2. The monoisotopic (exact) mass is 476 g/mol. The summed E-state index contributed by atoms with van der Waals surface area (Å²) < 4.78 is 39.0. The van der Waals surface area contributed by atoms with E-state index in [1.807, 2.05) is 44.4 Å². The van der Waals surface area contributed by atoms with Crippen molar-refractivity contribution in [1.29, 1.82) is 0 Å². The van der Waals surface area contributed by atoms with Crippen LogP contribution in [0.15, 0.2) is 18.2 Å². The number of hydrogen-bond acceptors (Lipinski definition) is 4. The Morgan fingerprint density at radius 2 is 1.62 bits per heavy atom.